The van der Waals surface area contributed by atoms with Crippen LogP contribution >= 0.6 is 15.9 Å². The van der Waals surface area contributed by atoms with Crippen LogP contribution in [0.4, 0.5) is 4.39 Å². The van der Waals surface area contributed by atoms with Crippen molar-refractivity contribution in [2.45, 2.75) is 6.54 Å². The molecule has 0 amide bonds. The molecule has 0 fully saturated rings. The minimum Gasteiger partial charge on any atom is -0.325 e. The van der Waals surface area contributed by atoms with Gasteiger partial charge in [-0.15, -0.1) is 0 Å². The average Bonchev–Trinajstić information content (AvgIpc) is 2.56. The van der Waals surface area contributed by atoms with E-state index in [9.17, 15) is 4.39 Å². The average molecular weight is 244 g/mol. The number of aromatic nitrogens is 2. The molecule has 0 bridgehead atoms. The Labute approximate surface area is 82.2 Å². The molecular weight excluding hydrogens is 237 g/mol. The van der Waals surface area contributed by atoms with Crippen molar-refractivity contribution in [2.24, 2.45) is 5.73 Å². The second kappa shape index (κ2) is 3.08. The van der Waals surface area contributed by atoms with Gasteiger partial charge in [0.15, 0.2) is 0 Å². The predicted molar refractivity (Wildman–Crippen MR) is 51.6 cm³/mol. The van der Waals surface area contributed by atoms with E-state index in [1.807, 2.05) is 0 Å². The summed E-state index contributed by atoms with van der Waals surface area (Å²) < 4.78 is 14.1. The highest BCUT2D eigenvalue weighted by molar-refractivity contribution is 9.10. The van der Waals surface area contributed by atoms with Crippen molar-refractivity contribution in [3.63, 3.8) is 0 Å². The Hall–Kier alpha value is -0.940. The van der Waals surface area contributed by atoms with Crippen LogP contribution in [0.5, 0.6) is 0 Å². The van der Waals surface area contributed by atoms with E-state index in [-0.39, 0.29) is 12.4 Å². The monoisotopic (exact) mass is 243 g/mol. The molecule has 0 spiro atoms. The number of hydrogen-bond acceptors (Lipinski definition) is 2. The first-order valence-electron chi connectivity index (χ1n) is 3.75. The topological polar surface area (TPSA) is 54.7 Å². The fourth-order valence-electron chi connectivity index (χ4n) is 1.26. The van der Waals surface area contributed by atoms with Crippen LogP contribution in [0, 0.1) is 5.82 Å². The van der Waals surface area contributed by atoms with Gasteiger partial charge in [-0.1, -0.05) is 0 Å². The lowest BCUT2D eigenvalue weighted by Crippen LogP contribution is -1.97. The van der Waals surface area contributed by atoms with Gasteiger partial charge in [-0.25, -0.2) is 4.39 Å². The molecule has 1 heterocycles. The van der Waals surface area contributed by atoms with Crippen molar-refractivity contribution in [1.29, 1.82) is 0 Å². The van der Waals surface area contributed by atoms with Gasteiger partial charge in [-0.3, -0.25) is 5.10 Å². The van der Waals surface area contributed by atoms with Crippen molar-refractivity contribution in [1.82, 2.24) is 10.2 Å². The molecule has 68 valence electrons. The number of benzene rings is 1. The summed E-state index contributed by atoms with van der Waals surface area (Å²) in [6, 6.07) is 3.01. The summed E-state index contributed by atoms with van der Waals surface area (Å²) in [7, 11) is 0. The van der Waals surface area contributed by atoms with Gasteiger partial charge in [0.25, 0.3) is 0 Å². The van der Waals surface area contributed by atoms with Gasteiger partial charge in [0.2, 0.25) is 0 Å². The summed E-state index contributed by atoms with van der Waals surface area (Å²) in [5.41, 5.74) is 6.63. The van der Waals surface area contributed by atoms with E-state index in [1.165, 1.54) is 6.07 Å². The molecule has 0 saturated carbocycles. The summed E-state index contributed by atoms with van der Waals surface area (Å²) in [5, 5.41) is 7.13. The lowest BCUT2D eigenvalue weighted by atomic mass is 10.2. The van der Waals surface area contributed by atoms with Crippen LogP contribution < -0.4 is 5.73 Å². The minimum absolute atomic E-state index is 0.254. The summed E-state index contributed by atoms with van der Waals surface area (Å²) in [6.07, 6.45) is 0. The molecule has 2 aromatic rings. The van der Waals surface area contributed by atoms with Crippen molar-refractivity contribution in [3.05, 3.63) is 28.1 Å². The van der Waals surface area contributed by atoms with E-state index in [4.69, 9.17) is 5.73 Å². The molecular formula is C8H7BrFN3. The van der Waals surface area contributed by atoms with Gasteiger partial charge in [0.1, 0.15) is 11.3 Å². The zero-order valence-electron chi connectivity index (χ0n) is 6.64. The van der Waals surface area contributed by atoms with E-state index in [2.05, 4.69) is 26.1 Å². The van der Waals surface area contributed by atoms with Crippen LogP contribution in [0.3, 0.4) is 0 Å². The standard InChI is InChI=1S/C8H7BrFN3/c9-4-1-2-5(10)7-6(3-11)12-13-8(4)7/h1-2H,3,11H2,(H,12,13). The molecule has 3 nitrogen and oxygen atoms in total. The Morgan fingerprint density at radius 2 is 2.31 bits per heavy atom. The summed E-state index contributed by atoms with van der Waals surface area (Å²) in [4.78, 5) is 0. The van der Waals surface area contributed by atoms with E-state index in [0.717, 1.165) is 4.47 Å². The van der Waals surface area contributed by atoms with Crippen LogP contribution in [-0.2, 0) is 6.54 Å². The van der Waals surface area contributed by atoms with Gasteiger partial charge in [0.05, 0.1) is 11.1 Å². The minimum atomic E-state index is -0.299. The van der Waals surface area contributed by atoms with Crippen LogP contribution in [0.1, 0.15) is 5.69 Å². The normalized spacial score (nSPS) is 11.0. The number of fused-ring (bicyclic) bond motifs is 1. The van der Waals surface area contributed by atoms with Crippen LogP contribution in [0.2, 0.25) is 0 Å². The Morgan fingerprint density at radius 1 is 1.54 bits per heavy atom. The molecule has 0 aliphatic heterocycles. The maximum atomic E-state index is 13.3. The van der Waals surface area contributed by atoms with E-state index < -0.39 is 0 Å². The largest absolute Gasteiger partial charge is 0.325 e. The Morgan fingerprint density at radius 3 is 3.00 bits per heavy atom. The van der Waals surface area contributed by atoms with Crippen LogP contribution in [0.25, 0.3) is 10.9 Å². The number of nitrogens with two attached hydrogens (primary N) is 1. The SMILES string of the molecule is NCc1[nH]nc2c(Br)ccc(F)c12. The van der Waals surface area contributed by atoms with Gasteiger partial charge < -0.3 is 5.73 Å². The predicted octanol–water partition coefficient (Wildman–Crippen LogP) is 1.92. The highest BCUT2D eigenvalue weighted by Crippen LogP contribution is 2.26. The molecule has 1 aromatic carbocycles. The molecule has 0 radical (unpaired) electrons. The molecule has 1 aromatic heterocycles. The molecule has 0 unspecified atom stereocenters. The number of nitrogens with one attached hydrogen (secondary N) is 1. The van der Waals surface area contributed by atoms with Gasteiger partial charge in [-0.05, 0) is 28.1 Å². The fraction of sp³-hybridized carbons (Fsp3) is 0.125. The summed E-state index contributed by atoms with van der Waals surface area (Å²) in [6.45, 7) is 0.254. The maximum absolute atomic E-state index is 13.3. The zero-order chi connectivity index (χ0) is 9.42. The molecule has 0 aliphatic carbocycles. The third kappa shape index (κ3) is 1.24. The van der Waals surface area contributed by atoms with Crippen molar-refractivity contribution < 1.29 is 4.39 Å². The lowest BCUT2D eigenvalue weighted by Gasteiger charge is -1.95. The fourth-order valence-corrected chi connectivity index (χ4v) is 1.68. The number of hydrogen-bond donors (Lipinski definition) is 2. The van der Waals surface area contributed by atoms with E-state index in [0.29, 0.717) is 16.6 Å². The van der Waals surface area contributed by atoms with Crippen molar-refractivity contribution in [3.8, 4) is 0 Å². The van der Waals surface area contributed by atoms with Crippen LogP contribution in [-0.4, -0.2) is 10.2 Å². The third-order valence-electron chi connectivity index (χ3n) is 1.89. The zero-order valence-corrected chi connectivity index (χ0v) is 8.23. The van der Waals surface area contributed by atoms with Gasteiger partial charge in [0, 0.05) is 11.0 Å². The molecule has 0 aliphatic rings. The highest BCUT2D eigenvalue weighted by Gasteiger charge is 2.11. The van der Waals surface area contributed by atoms with E-state index in [1.54, 1.807) is 6.07 Å². The summed E-state index contributed by atoms with van der Waals surface area (Å²) in [5.74, 6) is -0.299. The maximum Gasteiger partial charge on any atom is 0.134 e. The van der Waals surface area contributed by atoms with Gasteiger partial charge >= 0.3 is 0 Å². The molecule has 3 N–H and O–H groups in total. The summed E-state index contributed by atoms with van der Waals surface area (Å²) >= 11 is 3.28. The van der Waals surface area contributed by atoms with Gasteiger partial charge in [-0.2, -0.15) is 5.10 Å². The number of nitrogens with zero attached hydrogens (tertiary/aromatic N) is 1. The number of halogens is 2. The number of aromatic amines is 1. The molecule has 0 atom stereocenters. The molecule has 0 saturated heterocycles. The quantitative estimate of drug-likeness (QED) is 0.805. The molecule has 5 heteroatoms. The Balaban J connectivity index is 2.87. The smallest absolute Gasteiger partial charge is 0.134 e. The first-order valence-corrected chi connectivity index (χ1v) is 4.54. The lowest BCUT2D eigenvalue weighted by molar-refractivity contribution is 0.638. The first-order chi connectivity index (χ1) is 6.24. The first kappa shape index (κ1) is 8.65. The number of rotatable bonds is 1. The third-order valence-corrected chi connectivity index (χ3v) is 2.53. The molecule has 2 rings (SSSR count). The van der Waals surface area contributed by atoms with Crippen molar-refractivity contribution in [2.75, 3.05) is 0 Å². The Bertz CT molecular complexity index is 452. The second-order valence-electron chi connectivity index (χ2n) is 2.66. The number of H-pyrrole nitrogens is 1. The van der Waals surface area contributed by atoms with E-state index >= 15 is 0 Å². The second-order valence-corrected chi connectivity index (χ2v) is 3.51. The van der Waals surface area contributed by atoms with Crippen molar-refractivity contribution >= 4 is 26.8 Å². The molecule has 13 heavy (non-hydrogen) atoms. The van der Waals surface area contributed by atoms with Crippen LogP contribution in [0.15, 0.2) is 16.6 Å². The Kier molecular flexibility index (Phi) is 2.05. The highest BCUT2D eigenvalue weighted by atomic mass is 79.9.